The van der Waals surface area contributed by atoms with Crippen molar-refractivity contribution in [2.75, 3.05) is 24.5 Å². The van der Waals surface area contributed by atoms with E-state index in [0.29, 0.717) is 25.2 Å². The van der Waals surface area contributed by atoms with Crippen molar-refractivity contribution < 1.29 is 9.18 Å². The molecule has 20 heavy (non-hydrogen) atoms. The summed E-state index contributed by atoms with van der Waals surface area (Å²) in [4.78, 5) is 17.1. The fourth-order valence-corrected chi connectivity index (χ4v) is 2.01. The normalized spacial score (nSPS) is 16.2. The summed E-state index contributed by atoms with van der Waals surface area (Å²) in [6.45, 7) is 7.77. The van der Waals surface area contributed by atoms with E-state index in [4.69, 9.17) is 0 Å². The number of carbonyl (C=O) groups is 1. The van der Waals surface area contributed by atoms with Gasteiger partial charge in [-0.05, 0) is 26.8 Å². The number of aromatic nitrogens is 1. The van der Waals surface area contributed by atoms with Crippen LogP contribution in [0, 0.1) is 5.82 Å². The smallest absolute Gasteiger partial charge is 0.239 e. The van der Waals surface area contributed by atoms with Crippen LogP contribution < -0.4 is 15.5 Å². The van der Waals surface area contributed by atoms with Crippen LogP contribution in [0.15, 0.2) is 12.3 Å². The average Bonchev–Trinajstić information content (AvgIpc) is 2.36. The molecular weight excluding hydrogens is 259 g/mol. The van der Waals surface area contributed by atoms with Gasteiger partial charge < -0.3 is 15.5 Å². The second-order valence-electron chi connectivity index (χ2n) is 5.98. The first-order chi connectivity index (χ1) is 9.37. The van der Waals surface area contributed by atoms with Gasteiger partial charge in [0.1, 0.15) is 0 Å². The predicted molar refractivity (Wildman–Crippen MR) is 76.0 cm³/mol. The molecule has 0 aliphatic carbocycles. The standard InChI is InChI=1S/C14H21FN4O/c1-14(2,3)18-8-10-4-5-17-13(12(10)15)19-7-6-16-11(20)9-19/h4-5,18H,6-9H2,1-3H3,(H,16,20). The minimum Gasteiger partial charge on any atom is -0.353 e. The summed E-state index contributed by atoms with van der Waals surface area (Å²) < 4.78 is 14.5. The van der Waals surface area contributed by atoms with E-state index in [-0.39, 0.29) is 29.6 Å². The van der Waals surface area contributed by atoms with Gasteiger partial charge >= 0.3 is 0 Å². The summed E-state index contributed by atoms with van der Waals surface area (Å²) in [5.74, 6) is -0.192. The summed E-state index contributed by atoms with van der Waals surface area (Å²) >= 11 is 0. The highest BCUT2D eigenvalue weighted by molar-refractivity contribution is 5.82. The molecule has 110 valence electrons. The van der Waals surface area contributed by atoms with Gasteiger partial charge in [-0.3, -0.25) is 4.79 Å². The maximum Gasteiger partial charge on any atom is 0.239 e. The van der Waals surface area contributed by atoms with Gasteiger partial charge in [0.2, 0.25) is 5.91 Å². The molecule has 0 aromatic carbocycles. The molecule has 1 aromatic rings. The number of hydrogen-bond acceptors (Lipinski definition) is 4. The van der Waals surface area contributed by atoms with Gasteiger partial charge in [0, 0.05) is 36.9 Å². The molecule has 2 rings (SSSR count). The van der Waals surface area contributed by atoms with Crippen molar-refractivity contribution in [1.29, 1.82) is 0 Å². The van der Waals surface area contributed by atoms with Crippen LogP contribution in [0.5, 0.6) is 0 Å². The summed E-state index contributed by atoms with van der Waals surface area (Å²) in [5, 5.41) is 5.97. The lowest BCUT2D eigenvalue weighted by Crippen LogP contribution is -2.48. The first-order valence-electron chi connectivity index (χ1n) is 6.77. The molecule has 0 radical (unpaired) electrons. The lowest BCUT2D eigenvalue weighted by atomic mass is 10.1. The number of rotatable bonds is 3. The van der Waals surface area contributed by atoms with E-state index in [0.717, 1.165) is 0 Å². The fraction of sp³-hybridized carbons (Fsp3) is 0.571. The molecule has 5 nitrogen and oxygen atoms in total. The zero-order valence-electron chi connectivity index (χ0n) is 12.2. The number of anilines is 1. The molecule has 0 spiro atoms. The van der Waals surface area contributed by atoms with Gasteiger partial charge in [0.15, 0.2) is 11.6 Å². The van der Waals surface area contributed by atoms with E-state index in [1.54, 1.807) is 17.2 Å². The maximum atomic E-state index is 14.5. The number of hydrogen-bond donors (Lipinski definition) is 2. The molecule has 0 unspecified atom stereocenters. The van der Waals surface area contributed by atoms with Crippen molar-refractivity contribution in [2.45, 2.75) is 32.9 Å². The van der Waals surface area contributed by atoms with Crippen molar-refractivity contribution in [3.05, 3.63) is 23.6 Å². The number of halogens is 1. The summed E-state index contributed by atoms with van der Waals surface area (Å²) in [7, 11) is 0. The molecule has 1 aliphatic heterocycles. The van der Waals surface area contributed by atoms with E-state index in [2.05, 4.69) is 15.6 Å². The SMILES string of the molecule is CC(C)(C)NCc1ccnc(N2CCNC(=O)C2)c1F. The highest BCUT2D eigenvalue weighted by Crippen LogP contribution is 2.20. The van der Waals surface area contributed by atoms with Crippen LogP contribution in [-0.2, 0) is 11.3 Å². The van der Waals surface area contributed by atoms with Crippen LogP contribution >= 0.6 is 0 Å². The van der Waals surface area contributed by atoms with E-state index < -0.39 is 0 Å². The van der Waals surface area contributed by atoms with Crippen LogP contribution in [0.25, 0.3) is 0 Å². The van der Waals surface area contributed by atoms with Crippen molar-refractivity contribution in [2.24, 2.45) is 0 Å². The maximum absolute atomic E-state index is 14.5. The average molecular weight is 280 g/mol. The molecule has 6 heteroatoms. The number of nitrogens with one attached hydrogen (secondary N) is 2. The third kappa shape index (κ3) is 3.66. The molecule has 2 heterocycles. The zero-order chi connectivity index (χ0) is 14.8. The minimum atomic E-state index is -0.348. The summed E-state index contributed by atoms with van der Waals surface area (Å²) in [6.07, 6.45) is 1.59. The number of pyridine rings is 1. The van der Waals surface area contributed by atoms with E-state index >= 15 is 0 Å². The topological polar surface area (TPSA) is 57.3 Å². The Morgan fingerprint density at radius 3 is 2.90 bits per heavy atom. The second-order valence-corrected chi connectivity index (χ2v) is 5.98. The highest BCUT2D eigenvalue weighted by Gasteiger charge is 2.22. The quantitative estimate of drug-likeness (QED) is 0.869. The Labute approximate surface area is 118 Å². The Hall–Kier alpha value is -1.69. The third-order valence-corrected chi connectivity index (χ3v) is 3.10. The Balaban J connectivity index is 2.16. The summed E-state index contributed by atoms with van der Waals surface area (Å²) in [6, 6.07) is 1.67. The van der Waals surface area contributed by atoms with Crippen LogP contribution in [0.1, 0.15) is 26.3 Å². The summed E-state index contributed by atoms with van der Waals surface area (Å²) in [5.41, 5.74) is 0.483. The Kier molecular flexibility index (Phi) is 4.23. The molecular formula is C14H21FN4O. The highest BCUT2D eigenvalue weighted by atomic mass is 19.1. The monoisotopic (exact) mass is 280 g/mol. The van der Waals surface area contributed by atoms with E-state index in [1.165, 1.54) is 0 Å². The van der Waals surface area contributed by atoms with Crippen molar-refractivity contribution in [3.63, 3.8) is 0 Å². The van der Waals surface area contributed by atoms with Crippen molar-refractivity contribution in [3.8, 4) is 0 Å². The zero-order valence-corrected chi connectivity index (χ0v) is 12.2. The fourth-order valence-electron chi connectivity index (χ4n) is 2.01. The van der Waals surface area contributed by atoms with Gasteiger partial charge in [0.25, 0.3) is 0 Å². The second kappa shape index (κ2) is 5.75. The lowest BCUT2D eigenvalue weighted by molar-refractivity contribution is -0.120. The van der Waals surface area contributed by atoms with Crippen molar-refractivity contribution >= 4 is 11.7 Å². The van der Waals surface area contributed by atoms with Gasteiger partial charge in [-0.15, -0.1) is 0 Å². The lowest BCUT2D eigenvalue weighted by Gasteiger charge is -2.28. The van der Waals surface area contributed by atoms with Gasteiger partial charge in [0.05, 0.1) is 6.54 Å². The van der Waals surface area contributed by atoms with Crippen LogP contribution in [0.4, 0.5) is 10.2 Å². The Morgan fingerprint density at radius 2 is 2.25 bits per heavy atom. The van der Waals surface area contributed by atoms with Crippen molar-refractivity contribution in [1.82, 2.24) is 15.6 Å². The number of amides is 1. The number of carbonyl (C=O) groups excluding carboxylic acids is 1. The first kappa shape index (κ1) is 14.7. The molecule has 1 fully saturated rings. The van der Waals surface area contributed by atoms with Crippen LogP contribution in [0.2, 0.25) is 0 Å². The molecule has 0 saturated carbocycles. The predicted octanol–water partition coefficient (Wildman–Crippen LogP) is 1.04. The molecule has 0 atom stereocenters. The Bertz CT molecular complexity index is 498. The van der Waals surface area contributed by atoms with Gasteiger partial charge in [-0.2, -0.15) is 0 Å². The third-order valence-electron chi connectivity index (χ3n) is 3.10. The molecule has 0 bridgehead atoms. The van der Waals surface area contributed by atoms with Gasteiger partial charge in [-0.25, -0.2) is 9.37 Å². The molecule has 1 saturated heterocycles. The van der Waals surface area contributed by atoms with Crippen LogP contribution in [-0.4, -0.2) is 36.1 Å². The Morgan fingerprint density at radius 1 is 1.50 bits per heavy atom. The number of piperazine rings is 1. The molecule has 1 aromatic heterocycles. The van der Waals surface area contributed by atoms with E-state index in [1.807, 2.05) is 20.8 Å². The molecule has 1 amide bonds. The molecule has 1 aliphatic rings. The van der Waals surface area contributed by atoms with Gasteiger partial charge in [-0.1, -0.05) is 0 Å². The largest absolute Gasteiger partial charge is 0.353 e. The van der Waals surface area contributed by atoms with E-state index in [9.17, 15) is 9.18 Å². The minimum absolute atomic E-state index is 0.0825. The number of nitrogens with zero attached hydrogens (tertiary/aromatic N) is 2. The van der Waals surface area contributed by atoms with Crippen LogP contribution in [0.3, 0.4) is 0 Å². The first-order valence-corrected chi connectivity index (χ1v) is 6.77. The molecule has 2 N–H and O–H groups in total.